The number of nitrogens with one attached hydrogen (secondary N) is 2. The number of benzene rings is 1. The lowest BCUT2D eigenvalue weighted by Gasteiger charge is -2.20. The van der Waals surface area contributed by atoms with Crippen LogP contribution in [0.5, 0.6) is 5.75 Å². The Morgan fingerprint density at radius 3 is 2.84 bits per heavy atom. The second-order valence-electron chi connectivity index (χ2n) is 3.85. The van der Waals surface area contributed by atoms with Crippen LogP contribution >= 0.6 is 18.2 Å². The predicted molar refractivity (Wildman–Crippen MR) is 83.7 cm³/mol. The molecule has 1 heterocycles. The van der Waals surface area contributed by atoms with E-state index in [1.165, 1.54) is 11.8 Å². The van der Waals surface area contributed by atoms with Crippen molar-refractivity contribution < 1.29 is 9.32 Å². The van der Waals surface area contributed by atoms with E-state index in [0.29, 0.717) is 10.9 Å². The van der Waals surface area contributed by atoms with E-state index in [1.54, 1.807) is 18.8 Å². The molecule has 1 aliphatic heterocycles. The van der Waals surface area contributed by atoms with Gasteiger partial charge in [-0.3, -0.25) is 15.4 Å². The molecule has 0 radical (unpaired) electrons. The van der Waals surface area contributed by atoms with Gasteiger partial charge in [0.05, 0.1) is 6.54 Å². The monoisotopic (exact) mass is 315 g/mol. The van der Waals surface area contributed by atoms with Crippen molar-refractivity contribution >= 4 is 41.2 Å². The lowest BCUT2D eigenvalue weighted by Crippen LogP contribution is -2.36. The predicted octanol–water partition coefficient (Wildman–Crippen LogP) is 2.41. The molecule has 102 valence electrons. The van der Waals surface area contributed by atoms with E-state index in [9.17, 15) is 4.79 Å². The van der Waals surface area contributed by atoms with Gasteiger partial charge in [-0.05, 0) is 23.9 Å². The van der Waals surface area contributed by atoms with Crippen LogP contribution in [-0.4, -0.2) is 30.2 Å². The van der Waals surface area contributed by atoms with Gasteiger partial charge < -0.3 is 4.52 Å². The Hall–Kier alpha value is -1.04. The lowest BCUT2D eigenvalue weighted by molar-refractivity contribution is 0.250. The summed E-state index contributed by atoms with van der Waals surface area (Å²) in [5.74, 6) is 1.55. The number of hydrogen-bond acceptors (Lipinski definition) is 5. The second-order valence-corrected chi connectivity index (χ2v) is 9.12. The zero-order chi connectivity index (χ0) is 13.7. The highest BCUT2D eigenvalue weighted by atomic mass is 32.4. The number of carbonyl (C=O) groups excluding carboxylic acids is 1. The molecular weight excluding hydrogens is 301 g/mol. The van der Waals surface area contributed by atoms with Crippen LogP contribution in [0.15, 0.2) is 35.3 Å². The van der Waals surface area contributed by atoms with Gasteiger partial charge in [0.25, 0.3) is 0 Å². The highest BCUT2D eigenvalue weighted by Gasteiger charge is 2.18. The summed E-state index contributed by atoms with van der Waals surface area (Å²) in [6.07, 6.45) is -2.42. The van der Waals surface area contributed by atoms with Crippen LogP contribution in [-0.2, 0) is 11.8 Å². The largest absolute Gasteiger partial charge is 0.449 e. The van der Waals surface area contributed by atoms with Crippen molar-refractivity contribution in [1.82, 2.24) is 10.4 Å². The molecule has 1 atom stereocenters. The number of amides is 2. The fourth-order valence-electron chi connectivity index (χ4n) is 1.43. The second kappa shape index (κ2) is 6.41. The number of rotatable bonds is 3. The zero-order valence-corrected chi connectivity index (χ0v) is 12.9. The number of para-hydroxylation sites is 1. The van der Waals surface area contributed by atoms with E-state index in [4.69, 9.17) is 16.3 Å². The lowest BCUT2D eigenvalue weighted by atomic mass is 10.3. The molecule has 1 aromatic rings. The van der Waals surface area contributed by atoms with E-state index in [1.807, 2.05) is 18.2 Å². The van der Waals surface area contributed by atoms with Gasteiger partial charge in [-0.1, -0.05) is 30.0 Å². The normalized spacial score (nSPS) is 17.2. The molecular formula is C11H14N3O2PS2. The summed E-state index contributed by atoms with van der Waals surface area (Å²) in [5, 5.41) is 5.99. The van der Waals surface area contributed by atoms with Crippen LogP contribution < -0.4 is 14.9 Å². The fraction of sp³-hybridized carbons (Fsp3) is 0.273. The minimum atomic E-state index is -2.42. The van der Waals surface area contributed by atoms with Crippen LogP contribution in [0.4, 0.5) is 4.79 Å². The molecule has 2 rings (SSSR count). The smallest absolute Gasteiger partial charge is 0.326 e. The summed E-state index contributed by atoms with van der Waals surface area (Å²) in [6.45, 7) is 2.46. The molecule has 0 fully saturated rings. The van der Waals surface area contributed by atoms with Gasteiger partial charge in [-0.25, -0.2) is 4.79 Å². The van der Waals surface area contributed by atoms with Gasteiger partial charge in [-0.15, -0.1) is 0 Å². The molecule has 0 aromatic heterocycles. The van der Waals surface area contributed by atoms with Gasteiger partial charge in [0.2, 0.25) is 6.42 Å². The molecule has 0 saturated heterocycles. The maximum Gasteiger partial charge on any atom is 0.326 e. The number of thioether (sulfide) groups is 1. The number of urea groups is 1. The molecule has 8 heteroatoms. The first kappa shape index (κ1) is 14.4. The SMILES string of the molecule is CP(=S)(NC(=O)NC1=NCCS1)Oc1ccccc1. The van der Waals surface area contributed by atoms with Crippen molar-refractivity contribution in [2.45, 2.75) is 0 Å². The Morgan fingerprint density at radius 1 is 1.47 bits per heavy atom. The molecule has 0 saturated carbocycles. The number of hydrogen-bond donors (Lipinski definition) is 2. The standard InChI is InChI=1S/C11H14N3O2PS2/c1-17(18,16-9-5-3-2-4-6-9)14-10(15)13-11-12-7-8-19-11/h2-6H,7-8H2,1H3,(H2,12,13,14,15,18). The minimum absolute atomic E-state index is 0.366. The number of amidine groups is 1. The third-order valence-corrected chi connectivity index (χ3v) is 4.69. The number of aliphatic imine (C=N–C) groups is 1. The number of nitrogens with zero attached hydrogens (tertiary/aromatic N) is 1. The third kappa shape index (κ3) is 4.86. The van der Waals surface area contributed by atoms with Crippen molar-refractivity contribution in [3.8, 4) is 5.75 Å². The van der Waals surface area contributed by atoms with E-state index in [-0.39, 0.29) is 6.03 Å². The fourth-order valence-corrected chi connectivity index (χ4v) is 3.65. The maximum atomic E-state index is 11.8. The van der Waals surface area contributed by atoms with Gasteiger partial charge >= 0.3 is 6.03 Å². The highest BCUT2D eigenvalue weighted by Crippen LogP contribution is 2.38. The molecule has 1 aliphatic rings. The van der Waals surface area contributed by atoms with Gasteiger partial charge in [0.1, 0.15) is 5.75 Å². The van der Waals surface area contributed by atoms with Crippen LogP contribution in [0.2, 0.25) is 0 Å². The van der Waals surface area contributed by atoms with Crippen LogP contribution in [0, 0.1) is 0 Å². The van der Waals surface area contributed by atoms with Crippen LogP contribution in [0.25, 0.3) is 0 Å². The number of carbonyl (C=O) groups is 1. The third-order valence-electron chi connectivity index (χ3n) is 2.13. The molecule has 2 amide bonds. The van der Waals surface area contributed by atoms with E-state index in [0.717, 1.165) is 12.3 Å². The van der Waals surface area contributed by atoms with Gasteiger partial charge in [0.15, 0.2) is 5.17 Å². The molecule has 1 unspecified atom stereocenters. The van der Waals surface area contributed by atoms with Crippen molar-refractivity contribution in [2.24, 2.45) is 4.99 Å². The van der Waals surface area contributed by atoms with Crippen LogP contribution in [0.3, 0.4) is 0 Å². The molecule has 19 heavy (non-hydrogen) atoms. The Labute approximate surface area is 121 Å². The van der Waals surface area contributed by atoms with Gasteiger partial charge in [0, 0.05) is 12.4 Å². The molecule has 0 bridgehead atoms. The Bertz CT molecular complexity index is 536. The first-order valence-electron chi connectivity index (χ1n) is 5.64. The Kier molecular flexibility index (Phi) is 4.85. The molecule has 5 nitrogen and oxygen atoms in total. The van der Waals surface area contributed by atoms with Crippen molar-refractivity contribution in [3.05, 3.63) is 30.3 Å². The molecule has 1 aromatic carbocycles. The molecule has 0 spiro atoms. The summed E-state index contributed by atoms with van der Waals surface area (Å²) in [6, 6.07) is 8.85. The first-order chi connectivity index (χ1) is 9.05. The van der Waals surface area contributed by atoms with Crippen molar-refractivity contribution in [2.75, 3.05) is 19.0 Å². The summed E-state index contributed by atoms with van der Waals surface area (Å²) in [7, 11) is 0. The zero-order valence-electron chi connectivity index (χ0n) is 10.3. The maximum absolute atomic E-state index is 11.8. The molecule has 2 N–H and O–H groups in total. The van der Waals surface area contributed by atoms with E-state index in [2.05, 4.69) is 15.4 Å². The van der Waals surface area contributed by atoms with Crippen molar-refractivity contribution in [3.63, 3.8) is 0 Å². The molecule has 0 aliphatic carbocycles. The average molecular weight is 315 g/mol. The quantitative estimate of drug-likeness (QED) is 0.841. The summed E-state index contributed by atoms with van der Waals surface area (Å²) in [4.78, 5) is 15.9. The topological polar surface area (TPSA) is 62.7 Å². The van der Waals surface area contributed by atoms with Crippen molar-refractivity contribution in [1.29, 1.82) is 0 Å². The minimum Gasteiger partial charge on any atom is -0.449 e. The summed E-state index contributed by atoms with van der Waals surface area (Å²) in [5.41, 5.74) is 0. The Morgan fingerprint density at radius 2 is 2.21 bits per heavy atom. The summed E-state index contributed by atoms with van der Waals surface area (Å²) < 4.78 is 5.64. The van der Waals surface area contributed by atoms with E-state index >= 15 is 0 Å². The Balaban J connectivity index is 1.89. The summed E-state index contributed by atoms with van der Waals surface area (Å²) >= 11 is 6.83. The average Bonchev–Trinajstić information content (AvgIpc) is 2.81. The highest BCUT2D eigenvalue weighted by molar-refractivity contribution is 8.14. The van der Waals surface area contributed by atoms with E-state index < -0.39 is 6.42 Å². The first-order valence-corrected chi connectivity index (χ1v) is 9.79. The van der Waals surface area contributed by atoms with Gasteiger partial charge in [-0.2, -0.15) is 0 Å². The van der Waals surface area contributed by atoms with Crippen LogP contribution in [0.1, 0.15) is 0 Å².